The third kappa shape index (κ3) is 0.730. The van der Waals surface area contributed by atoms with Gasteiger partial charge in [0.1, 0.15) is 6.26 Å². The predicted molar refractivity (Wildman–Crippen MR) is 46.1 cm³/mol. The Morgan fingerprint density at radius 2 is 2.33 bits per heavy atom. The van der Waals surface area contributed by atoms with Crippen LogP contribution in [0.15, 0.2) is 16.9 Å². The lowest BCUT2D eigenvalue weighted by molar-refractivity contribution is -0.0691. The summed E-state index contributed by atoms with van der Waals surface area (Å²) in [6.07, 6.45) is 5.65. The van der Waals surface area contributed by atoms with Crippen LogP contribution in [-0.4, -0.2) is 10.5 Å². The van der Waals surface area contributed by atoms with Gasteiger partial charge in [-0.05, 0) is 18.8 Å². The highest BCUT2D eigenvalue weighted by atomic mass is 35.5. The van der Waals surface area contributed by atoms with Gasteiger partial charge in [0.15, 0.2) is 5.89 Å². The number of hydrogen-bond donors (Lipinski definition) is 1. The molecule has 1 aromatic rings. The van der Waals surface area contributed by atoms with Gasteiger partial charge in [-0.3, -0.25) is 0 Å². The number of nitrogens with two attached hydrogens (primary N) is 1. The maximum Gasteiger partial charge on any atom is 0.199 e. The second-order valence-corrected chi connectivity index (χ2v) is 3.75. The average Bonchev–Trinajstić information content (AvgIpc) is 2.34. The van der Waals surface area contributed by atoms with Gasteiger partial charge in [-0.25, -0.2) is 4.98 Å². The summed E-state index contributed by atoms with van der Waals surface area (Å²) in [4.78, 5) is 4.12. The summed E-state index contributed by atoms with van der Waals surface area (Å²) in [7, 11) is 0. The second kappa shape index (κ2) is 2.24. The monoisotopic (exact) mass is 186 g/mol. The largest absolute Gasteiger partial charge is 0.449 e. The van der Waals surface area contributed by atoms with Gasteiger partial charge < -0.3 is 10.2 Å². The highest BCUT2D eigenvalue weighted by molar-refractivity contribution is 5.85. The molecular weight excluding hydrogens is 176 g/mol. The molecule has 3 saturated carbocycles. The van der Waals surface area contributed by atoms with Crippen molar-refractivity contribution in [3.63, 3.8) is 0 Å². The zero-order chi connectivity index (χ0) is 7.47. The number of rotatable bonds is 1. The average molecular weight is 187 g/mol. The molecule has 3 nitrogen and oxygen atoms in total. The molecule has 4 rings (SSSR count). The summed E-state index contributed by atoms with van der Waals surface area (Å²) in [5, 5.41) is 0. The normalized spacial score (nSPS) is 42.4. The number of oxazole rings is 1. The Balaban J connectivity index is 0.000000563. The Hall–Kier alpha value is -0.540. The topological polar surface area (TPSA) is 52.0 Å². The fraction of sp³-hybridized carbons (Fsp3) is 0.625. The molecule has 1 unspecified atom stereocenters. The Labute approximate surface area is 76.8 Å². The Morgan fingerprint density at radius 3 is 2.67 bits per heavy atom. The van der Waals surface area contributed by atoms with Crippen molar-refractivity contribution >= 4 is 12.4 Å². The first-order valence-corrected chi connectivity index (χ1v) is 3.98. The van der Waals surface area contributed by atoms with E-state index in [9.17, 15) is 0 Å². The van der Waals surface area contributed by atoms with E-state index in [1.807, 2.05) is 0 Å². The standard InChI is InChI=1S/C8H10N2O.ClH/c9-8-3-5(4-8)6(8)7-10-1-2-11-7;/h1-2,5-6H,3-4,9H2;1H. The molecule has 2 bridgehead atoms. The molecule has 66 valence electrons. The molecule has 0 amide bonds. The van der Waals surface area contributed by atoms with E-state index in [-0.39, 0.29) is 17.9 Å². The molecule has 3 aliphatic rings. The Bertz CT molecular complexity index is 279. The van der Waals surface area contributed by atoms with E-state index in [0.717, 1.165) is 11.8 Å². The van der Waals surface area contributed by atoms with Crippen LogP contribution in [0.5, 0.6) is 0 Å². The lowest BCUT2D eigenvalue weighted by Gasteiger charge is -2.64. The van der Waals surface area contributed by atoms with E-state index in [4.69, 9.17) is 10.2 Å². The van der Waals surface area contributed by atoms with Crippen molar-refractivity contribution in [2.24, 2.45) is 11.7 Å². The van der Waals surface area contributed by atoms with Crippen LogP contribution in [0.1, 0.15) is 24.7 Å². The minimum Gasteiger partial charge on any atom is -0.449 e. The molecule has 3 fully saturated rings. The van der Waals surface area contributed by atoms with Crippen LogP contribution >= 0.6 is 12.4 Å². The third-order valence-electron chi connectivity index (χ3n) is 3.09. The number of hydrogen-bond acceptors (Lipinski definition) is 3. The minimum absolute atomic E-state index is 0. The van der Waals surface area contributed by atoms with Gasteiger partial charge >= 0.3 is 0 Å². The van der Waals surface area contributed by atoms with Crippen molar-refractivity contribution in [1.82, 2.24) is 4.98 Å². The van der Waals surface area contributed by atoms with Gasteiger partial charge in [0.25, 0.3) is 0 Å². The van der Waals surface area contributed by atoms with E-state index >= 15 is 0 Å². The zero-order valence-electron chi connectivity index (χ0n) is 6.56. The maximum atomic E-state index is 6.02. The van der Waals surface area contributed by atoms with Crippen LogP contribution in [0.3, 0.4) is 0 Å². The molecule has 1 atom stereocenters. The Morgan fingerprint density at radius 1 is 1.58 bits per heavy atom. The first-order valence-electron chi connectivity index (χ1n) is 3.98. The van der Waals surface area contributed by atoms with Gasteiger partial charge in [0.2, 0.25) is 0 Å². The van der Waals surface area contributed by atoms with Crippen molar-refractivity contribution in [2.45, 2.75) is 24.3 Å². The molecule has 0 spiro atoms. The highest BCUT2D eigenvalue weighted by Crippen LogP contribution is 2.64. The molecule has 1 aromatic heterocycles. The lowest BCUT2D eigenvalue weighted by Crippen LogP contribution is -2.71. The molecule has 0 aromatic carbocycles. The van der Waals surface area contributed by atoms with Crippen molar-refractivity contribution in [3.8, 4) is 0 Å². The van der Waals surface area contributed by atoms with E-state index in [1.54, 1.807) is 12.5 Å². The van der Waals surface area contributed by atoms with E-state index in [0.29, 0.717) is 5.92 Å². The van der Waals surface area contributed by atoms with E-state index in [2.05, 4.69) is 4.98 Å². The maximum absolute atomic E-state index is 6.02. The van der Waals surface area contributed by atoms with Crippen LogP contribution in [0.2, 0.25) is 0 Å². The summed E-state index contributed by atoms with van der Waals surface area (Å²) in [6, 6.07) is 0. The van der Waals surface area contributed by atoms with Crippen LogP contribution in [0, 0.1) is 5.92 Å². The molecule has 0 radical (unpaired) electrons. The van der Waals surface area contributed by atoms with Crippen LogP contribution in [-0.2, 0) is 0 Å². The van der Waals surface area contributed by atoms with Crippen LogP contribution < -0.4 is 5.73 Å². The quantitative estimate of drug-likeness (QED) is 0.720. The van der Waals surface area contributed by atoms with Gasteiger partial charge in [0.05, 0.1) is 12.1 Å². The van der Waals surface area contributed by atoms with Crippen LogP contribution in [0.4, 0.5) is 0 Å². The number of halogens is 1. The van der Waals surface area contributed by atoms with Crippen molar-refractivity contribution < 1.29 is 4.42 Å². The minimum atomic E-state index is 0. The van der Waals surface area contributed by atoms with Gasteiger partial charge in [-0.2, -0.15) is 0 Å². The first kappa shape index (κ1) is 8.08. The second-order valence-electron chi connectivity index (χ2n) is 3.75. The molecule has 2 N–H and O–H groups in total. The van der Waals surface area contributed by atoms with Crippen LogP contribution in [0.25, 0.3) is 0 Å². The summed E-state index contributed by atoms with van der Waals surface area (Å²) >= 11 is 0. The summed E-state index contributed by atoms with van der Waals surface area (Å²) in [6.45, 7) is 0. The van der Waals surface area contributed by atoms with Gasteiger partial charge in [-0.15, -0.1) is 12.4 Å². The summed E-state index contributed by atoms with van der Waals surface area (Å²) < 4.78 is 5.21. The van der Waals surface area contributed by atoms with E-state index < -0.39 is 0 Å². The molecular formula is C8H11ClN2O. The summed E-state index contributed by atoms with van der Waals surface area (Å²) in [5.41, 5.74) is 6.07. The molecule has 0 aliphatic heterocycles. The number of aromatic nitrogens is 1. The fourth-order valence-corrected chi connectivity index (χ4v) is 2.39. The molecule has 12 heavy (non-hydrogen) atoms. The fourth-order valence-electron chi connectivity index (χ4n) is 2.39. The van der Waals surface area contributed by atoms with E-state index in [1.165, 1.54) is 12.8 Å². The molecule has 4 heteroatoms. The number of nitrogens with zero attached hydrogens (tertiary/aromatic N) is 1. The SMILES string of the molecule is Cl.NC12CC(C1)C2c1ncco1. The Kier molecular flexibility index (Phi) is 1.50. The van der Waals surface area contributed by atoms with Crippen molar-refractivity contribution in [3.05, 3.63) is 18.4 Å². The van der Waals surface area contributed by atoms with Crippen molar-refractivity contribution in [1.29, 1.82) is 0 Å². The molecule has 0 saturated heterocycles. The van der Waals surface area contributed by atoms with Gasteiger partial charge in [0, 0.05) is 5.54 Å². The first-order chi connectivity index (χ1) is 5.30. The highest BCUT2D eigenvalue weighted by Gasteiger charge is 2.65. The third-order valence-corrected chi connectivity index (χ3v) is 3.09. The lowest BCUT2D eigenvalue weighted by atomic mass is 9.43. The smallest absolute Gasteiger partial charge is 0.199 e. The van der Waals surface area contributed by atoms with Gasteiger partial charge in [-0.1, -0.05) is 0 Å². The molecule has 1 heterocycles. The van der Waals surface area contributed by atoms with Crippen molar-refractivity contribution in [2.75, 3.05) is 0 Å². The zero-order valence-corrected chi connectivity index (χ0v) is 7.38. The predicted octanol–water partition coefficient (Wildman–Crippen LogP) is 1.30. The molecule has 3 aliphatic carbocycles. The summed E-state index contributed by atoms with van der Waals surface area (Å²) in [5.74, 6) is 2.03.